The molecule has 200 valence electrons. The Balaban J connectivity index is 1.47. The van der Waals surface area contributed by atoms with Gasteiger partial charge in [-0.05, 0) is 49.4 Å². The lowest BCUT2D eigenvalue weighted by atomic mass is 10.0. The monoisotopic (exact) mass is 537 g/mol. The molecule has 38 heavy (non-hydrogen) atoms. The van der Waals surface area contributed by atoms with Crippen molar-refractivity contribution >= 4 is 38.5 Å². The van der Waals surface area contributed by atoms with Crippen LogP contribution >= 0.6 is 0 Å². The lowest BCUT2D eigenvalue weighted by molar-refractivity contribution is -0.129. The van der Waals surface area contributed by atoms with Gasteiger partial charge in [0.15, 0.2) is 10.8 Å². The van der Waals surface area contributed by atoms with Crippen molar-refractivity contribution in [2.24, 2.45) is 5.92 Å². The van der Waals surface area contributed by atoms with E-state index in [4.69, 9.17) is 0 Å². The van der Waals surface area contributed by atoms with E-state index in [9.17, 15) is 22.8 Å². The third-order valence-electron chi connectivity index (χ3n) is 6.40. The highest BCUT2D eigenvalue weighted by Gasteiger charge is 2.35. The molecule has 2 aromatic heterocycles. The van der Waals surface area contributed by atoms with E-state index >= 15 is 0 Å². The number of benzene rings is 1. The van der Waals surface area contributed by atoms with Gasteiger partial charge < -0.3 is 10.6 Å². The van der Waals surface area contributed by atoms with Gasteiger partial charge in [0.25, 0.3) is 15.9 Å². The fourth-order valence-electron chi connectivity index (χ4n) is 4.49. The second kappa shape index (κ2) is 11.8. The number of sulfonamides is 1. The number of carbonyl (C=O) groups is 3. The molecule has 0 radical (unpaired) electrons. The lowest BCUT2D eigenvalue weighted by Crippen LogP contribution is -2.52. The Morgan fingerprint density at radius 3 is 2.55 bits per heavy atom. The number of pyridine rings is 2. The molecule has 1 saturated heterocycles. The topological polar surface area (TPSA) is 138 Å². The largest absolute Gasteiger partial charge is 0.344 e. The first-order valence-electron chi connectivity index (χ1n) is 12.6. The van der Waals surface area contributed by atoms with E-state index < -0.39 is 39.7 Å². The number of nitrogens with zero attached hydrogens (tertiary/aromatic N) is 3. The summed E-state index contributed by atoms with van der Waals surface area (Å²) in [7, 11) is -3.94. The van der Waals surface area contributed by atoms with Gasteiger partial charge in [-0.2, -0.15) is 4.31 Å². The Kier molecular flexibility index (Phi) is 8.48. The average molecular weight is 538 g/mol. The van der Waals surface area contributed by atoms with E-state index in [1.54, 1.807) is 36.5 Å². The summed E-state index contributed by atoms with van der Waals surface area (Å²) >= 11 is 0. The predicted octanol–water partition coefficient (Wildman–Crippen LogP) is 2.31. The van der Waals surface area contributed by atoms with Gasteiger partial charge in [0.05, 0.1) is 23.7 Å². The Labute approximate surface area is 221 Å². The molecule has 0 aliphatic carbocycles. The van der Waals surface area contributed by atoms with Gasteiger partial charge in [0.1, 0.15) is 6.04 Å². The zero-order valence-electron chi connectivity index (χ0n) is 21.3. The van der Waals surface area contributed by atoms with Crippen LogP contribution in [-0.4, -0.2) is 65.5 Å². The summed E-state index contributed by atoms with van der Waals surface area (Å²) in [6.07, 6.45) is 3.96. The van der Waals surface area contributed by atoms with Gasteiger partial charge in [0, 0.05) is 24.3 Å². The number of hydrogen-bond donors (Lipinski definition) is 2. The number of amides is 2. The van der Waals surface area contributed by atoms with Gasteiger partial charge in [0.2, 0.25) is 5.91 Å². The number of Topliss-reactive ketones (excluding diaryl/α,β-unsaturated/α-hetero) is 1. The highest BCUT2D eigenvalue weighted by Crippen LogP contribution is 2.19. The molecule has 2 amide bonds. The molecule has 0 bridgehead atoms. The van der Waals surface area contributed by atoms with Crippen molar-refractivity contribution in [3.8, 4) is 0 Å². The standard InChI is InChI=1S/C27H31N5O5S/c1-18(2)16-23(31-26(34)20-12-14-28-21-9-4-3-8-19(20)21)27(35)30-22-10-7-15-32(17-24(22)33)38(36,37)25-11-5-6-13-29-25/h3-6,8-9,11-14,18,22-23H,7,10,15-17H2,1-2H3,(H,30,35)(H,31,34)/t22-,23-/m1/s1. The van der Waals surface area contributed by atoms with Crippen LogP contribution in [0.25, 0.3) is 10.9 Å². The minimum Gasteiger partial charge on any atom is -0.344 e. The van der Waals surface area contributed by atoms with E-state index in [1.165, 1.54) is 12.3 Å². The van der Waals surface area contributed by atoms with Crippen molar-refractivity contribution in [2.75, 3.05) is 13.1 Å². The van der Waals surface area contributed by atoms with E-state index in [2.05, 4.69) is 20.6 Å². The minimum absolute atomic E-state index is 0.0871. The molecule has 2 N–H and O–H groups in total. The molecule has 0 spiro atoms. The van der Waals surface area contributed by atoms with Crippen molar-refractivity contribution in [1.29, 1.82) is 0 Å². The van der Waals surface area contributed by atoms with Crippen molar-refractivity contribution in [3.63, 3.8) is 0 Å². The molecule has 4 rings (SSSR count). The molecule has 1 aliphatic heterocycles. The quantitative estimate of drug-likeness (QED) is 0.450. The minimum atomic E-state index is -3.94. The lowest BCUT2D eigenvalue weighted by Gasteiger charge is -2.24. The van der Waals surface area contributed by atoms with Crippen molar-refractivity contribution < 1.29 is 22.8 Å². The zero-order valence-corrected chi connectivity index (χ0v) is 22.1. The van der Waals surface area contributed by atoms with Crippen LogP contribution in [0, 0.1) is 5.92 Å². The number of fused-ring (bicyclic) bond motifs is 1. The molecule has 3 aromatic rings. The van der Waals surface area contributed by atoms with Crippen LogP contribution in [0.5, 0.6) is 0 Å². The Morgan fingerprint density at radius 2 is 1.82 bits per heavy atom. The van der Waals surface area contributed by atoms with Gasteiger partial charge in [-0.1, -0.05) is 38.1 Å². The molecule has 1 aliphatic rings. The second-order valence-corrected chi connectivity index (χ2v) is 11.6. The first-order valence-corrected chi connectivity index (χ1v) is 14.0. The molecular formula is C27H31N5O5S. The molecule has 10 nitrogen and oxygen atoms in total. The van der Waals surface area contributed by atoms with E-state index in [1.807, 2.05) is 26.0 Å². The first-order chi connectivity index (χ1) is 18.2. The molecule has 0 saturated carbocycles. The summed E-state index contributed by atoms with van der Waals surface area (Å²) in [5.41, 5.74) is 1.07. The van der Waals surface area contributed by atoms with Crippen LogP contribution in [0.2, 0.25) is 0 Å². The van der Waals surface area contributed by atoms with Crippen LogP contribution in [0.1, 0.15) is 43.5 Å². The highest BCUT2D eigenvalue weighted by molar-refractivity contribution is 7.89. The van der Waals surface area contributed by atoms with Crippen molar-refractivity contribution in [1.82, 2.24) is 24.9 Å². The molecule has 3 heterocycles. The third-order valence-corrected chi connectivity index (χ3v) is 8.16. The van der Waals surface area contributed by atoms with Crippen molar-refractivity contribution in [3.05, 3.63) is 66.5 Å². The maximum atomic E-state index is 13.3. The summed E-state index contributed by atoms with van der Waals surface area (Å²) in [5, 5.41) is 6.14. The maximum Gasteiger partial charge on any atom is 0.260 e. The van der Waals surface area contributed by atoms with Gasteiger partial charge in [-0.25, -0.2) is 13.4 Å². The molecule has 1 aromatic carbocycles. The Morgan fingerprint density at radius 1 is 1.05 bits per heavy atom. The van der Waals surface area contributed by atoms with Gasteiger partial charge in [-0.15, -0.1) is 0 Å². The van der Waals surface area contributed by atoms with Crippen molar-refractivity contribution in [2.45, 2.75) is 50.2 Å². The highest BCUT2D eigenvalue weighted by atomic mass is 32.2. The smallest absolute Gasteiger partial charge is 0.260 e. The number of para-hydroxylation sites is 1. The SMILES string of the molecule is CC(C)C[C@@H](NC(=O)c1ccnc2ccccc12)C(=O)N[C@@H]1CCCN(S(=O)(=O)c2ccccn2)CC1=O. The molecule has 2 atom stereocenters. The molecule has 11 heteroatoms. The van der Waals surface area contributed by atoms with E-state index in [0.29, 0.717) is 29.3 Å². The van der Waals surface area contributed by atoms with Gasteiger partial charge >= 0.3 is 0 Å². The summed E-state index contributed by atoms with van der Waals surface area (Å²) in [6, 6.07) is 11.7. The number of aromatic nitrogens is 2. The third kappa shape index (κ3) is 6.22. The maximum absolute atomic E-state index is 13.3. The Bertz CT molecular complexity index is 1420. The van der Waals surface area contributed by atoms with Crippen LogP contribution in [0.4, 0.5) is 0 Å². The fourth-order valence-corrected chi connectivity index (χ4v) is 5.87. The Hall–Kier alpha value is -3.70. The fraction of sp³-hybridized carbons (Fsp3) is 0.370. The van der Waals surface area contributed by atoms with E-state index in [0.717, 1.165) is 4.31 Å². The van der Waals surface area contributed by atoms with Crippen LogP contribution in [-0.2, 0) is 19.6 Å². The van der Waals surface area contributed by atoms with Crippen LogP contribution < -0.4 is 10.6 Å². The zero-order chi connectivity index (χ0) is 27.3. The molecular weight excluding hydrogens is 506 g/mol. The van der Waals surface area contributed by atoms with Crippen LogP contribution in [0.15, 0.2) is 66.0 Å². The van der Waals surface area contributed by atoms with E-state index in [-0.39, 0.29) is 30.5 Å². The second-order valence-electron chi connectivity index (χ2n) is 9.71. The average Bonchev–Trinajstić information content (AvgIpc) is 3.09. The number of nitrogens with one attached hydrogen (secondary N) is 2. The normalized spacial score (nSPS) is 17.7. The molecule has 1 fully saturated rings. The first kappa shape index (κ1) is 27.3. The number of ketones is 1. The number of carbonyl (C=O) groups excluding carboxylic acids is 3. The summed E-state index contributed by atoms with van der Waals surface area (Å²) in [4.78, 5) is 47.7. The number of hydrogen-bond acceptors (Lipinski definition) is 7. The number of rotatable bonds is 8. The van der Waals surface area contributed by atoms with Gasteiger partial charge in [-0.3, -0.25) is 19.4 Å². The molecule has 0 unspecified atom stereocenters. The summed E-state index contributed by atoms with van der Waals surface area (Å²) < 4.78 is 27.0. The predicted molar refractivity (Wildman–Crippen MR) is 142 cm³/mol. The summed E-state index contributed by atoms with van der Waals surface area (Å²) in [5.74, 6) is -1.22. The van der Waals surface area contributed by atoms with Crippen LogP contribution in [0.3, 0.4) is 0 Å². The summed E-state index contributed by atoms with van der Waals surface area (Å²) in [6.45, 7) is 3.64.